The van der Waals surface area contributed by atoms with E-state index < -0.39 is 0 Å². The first kappa shape index (κ1) is 10.0. The fraction of sp³-hybridized carbons (Fsp3) is 1.00. The third-order valence-corrected chi connectivity index (χ3v) is 3.44. The molecule has 0 amide bonds. The van der Waals surface area contributed by atoms with Crippen LogP contribution in [0.4, 0.5) is 0 Å². The fourth-order valence-electron chi connectivity index (χ4n) is 2.46. The highest BCUT2D eigenvalue weighted by Crippen LogP contribution is 2.32. The topological polar surface area (TPSA) is 3.24 Å². The van der Waals surface area contributed by atoms with Gasteiger partial charge >= 0.3 is 0 Å². The number of piperidine rings is 1. The largest absolute Gasteiger partial charge is 0.296 e. The van der Waals surface area contributed by atoms with Crippen molar-refractivity contribution in [2.75, 3.05) is 6.54 Å². The summed E-state index contributed by atoms with van der Waals surface area (Å²) in [6.45, 7) is 10.7. The van der Waals surface area contributed by atoms with Crippen LogP contribution in [-0.4, -0.2) is 23.0 Å². The third kappa shape index (κ3) is 1.82. The molecule has 1 heterocycles. The maximum Gasteiger partial charge on any atom is 0.0181 e. The Labute approximate surface area is 77.1 Å². The summed E-state index contributed by atoms with van der Waals surface area (Å²) in [5.41, 5.74) is 0.492. The standard InChI is InChI=1S/C11H23N/c1-5-11(4)8-6-7-9-12(11)10(2)3/h10H,5-9H2,1-4H3. The van der Waals surface area contributed by atoms with Crippen LogP contribution in [0.1, 0.15) is 53.4 Å². The van der Waals surface area contributed by atoms with Crippen LogP contribution >= 0.6 is 0 Å². The van der Waals surface area contributed by atoms with E-state index in [1.165, 1.54) is 32.2 Å². The lowest BCUT2D eigenvalue weighted by Crippen LogP contribution is -2.52. The molecule has 0 N–H and O–H groups in total. The lowest BCUT2D eigenvalue weighted by Gasteiger charge is -2.47. The van der Waals surface area contributed by atoms with E-state index in [1.807, 2.05) is 0 Å². The molecular formula is C11H23N. The number of hydrogen-bond acceptors (Lipinski definition) is 1. The van der Waals surface area contributed by atoms with Crippen molar-refractivity contribution in [2.45, 2.75) is 65.0 Å². The van der Waals surface area contributed by atoms with E-state index in [1.54, 1.807) is 0 Å². The van der Waals surface area contributed by atoms with Gasteiger partial charge in [-0.2, -0.15) is 0 Å². The highest BCUT2D eigenvalue weighted by molar-refractivity contribution is 4.89. The van der Waals surface area contributed by atoms with Crippen LogP contribution in [0, 0.1) is 0 Å². The Morgan fingerprint density at radius 2 is 2.00 bits per heavy atom. The summed E-state index contributed by atoms with van der Waals surface area (Å²) >= 11 is 0. The second-order valence-corrected chi connectivity index (χ2v) is 4.59. The number of likely N-dealkylation sites (tertiary alicyclic amines) is 1. The summed E-state index contributed by atoms with van der Waals surface area (Å²) in [5.74, 6) is 0. The monoisotopic (exact) mass is 169 g/mol. The summed E-state index contributed by atoms with van der Waals surface area (Å²) in [5, 5.41) is 0. The molecule has 1 unspecified atom stereocenters. The Bertz CT molecular complexity index is 142. The molecular weight excluding hydrogens is 146 g/mol. The van der Waals surface area contributed by atoms with Crippen molar-refractivity contribution in [1.29, 1.82) is 0 Å². The highest BCUT2D eigenvalue weighted by atomic mass is 15.2. The molecule has 0 aromatic carbocycles. The molecule has 1 rings (SSSR count). The average molecular weight is 169 g/mol. The van der Waals surface area contributed by atoms with Gasteiger partial charge in [0.1, 0.15) is 0 Å². The van der Waals surface area contributed by atoms with Crippen molar-refractivity contribution >= 4 is 0 Å². The average Bonchev–Trinajstić information content (AvgIpc) is 2.05. The zero-order valence-corrected chi connectivity index (χ0v) is 9.06. The summed E-state index contributed by atoms with van der Waals surface area (Å²) in [4.78, 5) is 2.68. The molecule has 0 saturated carbocycles. The smallest absolute Gasteiger partial charge is 0.0181 e. The Morgan fingerprint density at radius 1 is 1.33 bits per heavy atom. The van der Waals surface area contributed by atoms with Crippen molar-refractivity contribution < 1.29 is 0 Å². The fourth-order valence-corrected chi connectivity index (χ4v) is 2.46. The van der Waals surface area contributed by atoms with E-state index in [9.17, 15) is 0 Å². The van der Waals surface area contributed by atoms with Gasteiger partial charge in [-0.05, 0) is 46.6 Å². The molecule has 1 nitrogen and oxygen atoms in total. The highest BCUT2D eigenvalue weighted by Gasteiger charge is 2.33. The molecule has 1 aliphatic rings. The van der Waals surface area contributed by atoms with E-state index >= 15 is 0 Å². The summed E-state index contributed by atoms with van der Waals surface area (Å²) in [6, 6.07) is 0.718. The first-order valence-electron chi connectivity index (χ1n) is 5.37. The van der Waals surface area contributed by atoms with Gasteiger partial charge in [-0.3, -0.25) is 4.90 Å². The minimum Gasteiger partial charge on any atom is -0.296 e. The maximum absolute atomic E-state index is 2.68. The van der Waals surface area contributed by atoms with E-state index in [2.05, 4.69) is 32.6 Å². The van der Waals surface area contributed by atoms with Crippen LogP contribution in [0.15, 0.2) is 0 Å². The molecule has 0 spiro atoms. The summed E-state index contributed by atoms with van der Waals surface area (Å²) in [6.07, 6.45) is 5.51. The maximum atomic E-state index is 2.68. The van der Waals surface area contributed by atoms with Crippen molar-refractivity contribution in [3.05, 3.63) is 0 Å². The van der Waals surface area contributed by atoms with Gasteiger partial charge in [-0.1, -0.05) is 13.3 Å². The van der Waals surface area contributed by atoms with Gasteiger partial charge in [-0.25, -0.2) is 0 Å². The Hall–Kier alpha value is -0.0400. The van der Waals surface area contributed by atoms with Crippen molar-refractivity contribution in [3.8, 4) is 0 Å². The van der Waals surface area contributed by atoms with E-state index in [4.69, 9.17) is 0 Å². The molecule has 1 atom stereocenters. The molecule has 0 radical (unpaired) electrons. The predicted octanol–water partition coefficient (Wildman–Crippen LogP) is 3.05. The second kappa shape index (κ2) is 3.78. The molecule has 72 valence electrons. The van der Waals surface area contributed by atoms with Gasteiger partial charge in [0.2, 0.25) is 0 Å². The zero-order chi connectivity index (χ0) is 9.19. The minimum atomic E-state index is 0.492. The summed E-state index contributed by atoms with van der Waals surface area (Å²) in [7, 11) is 0. The van der Waals surface area contributed by atoms with Gasteiger partial charge in [0, 0.05) is 11.6 Å². The molecule has 0 aromatic heterocycles. The van der Waals surface area contributed by atoms with Crippen LogP contribution in [0.5, 0.6) is 0 Å². The van der Waals surface area contributed by atoms with Gasteiger partial charge in [0.05, 0.1) is 0 Å². The molecule has 0 aromatic rings. The van der Waals surface area contributed by atoms with Gasteiger partial charge < -0.3 is 0 Å². The lowest BCUT2D eigenvalue weighted by molar-refractivity contribution is 0.0299. The number of nitrogens with zero attached hydrogens (tertiary/aromatic N) is 1. The van der Waals surface area contributed by atoms with Crippen LogP contribution < -0.4 is 0 Å². The zero-order valence-electron chi connectivity index (χ0n) is 9.06. The molecule has 1 saturated heterocycles. The van der Waals surface area contributed by atoms with Gasteiger partial charge in [-0.15, -0.1) is 0 Å². The quantitative estimate of drug-likeness (QED) is 0.614. The third-order valence-electron chi connectivity index (χ3n) is 3.44. The second-order valence-electron chi connectivity index (χ2n) is 4.59. The van der Waals surface area contributed by atoms with E-state index in [0.717, 1.165) is 6.04 Å². The Kier molecular flexibility index (Phi) is 3.16. The molecule has 1 fully saturated rings. The van der Waals surface area contributed by atoms with Crippen molar-refractivity contribution in [1.82, 2.24) is 4.90 Å². The lowest BCUT2D eigenvalue weighted by atomic mass is 9.85. The van der Waals surface area contributed by atoms with Crippen LogP contribution in [0.2, 0.25) is 0 Å². The molecule has 12 heavy (non-hydrogen) atoms. The molecule has 1 aliphatic heterocycles. The van der Waals surface area contributed by atoms with Gasteiger partial charge in [0.15, 0.2) is 0 Å². The van der Waals surface area contributed by atoms with Crippen LogP contribution in [0.25, 0.3) is 0 Å². The normalized spacial score (nSPS) is 32.8. The van der Waals surface area contributed by atoms with Crippen LogP contribution in [-0.2, 0) is 0 Å². The van der Waals surface area contributed by atoms with E-state index in [0.29, 0.717) is 5.54 Å². The first-order valence-corrected chi connectivity index (χ1v) is 5.37. The summed E-state index contributed by atoms with van der Waals surface area (Å²) < 4.78 is 0. The molecule has 1 heteroatoms. The predicted molar refractivity (Wildman–Crippen MR) is 54.4 cm³/mol. The minimum absolute atomic E-state index is 0.492. The SMILES string of the molecule is CCC1(C)CCCCN1C(C)C. The van der Waals surface area contributed by atoms with Crippen LogP contribution in [0.3, 0.4) is 0 Å². The van der Waals surface area contributed by atoms with E-state index in [-0.39, 0.29) is 0 Å². The molecule has 0 bridgehead atoms. The number of hydrogen-bond donors (Lipinski definition) is 0. The Balaban J connectivity index is 2.66. The first-order chi connectivity index (χ1) is 5.60. The van der Waals surface area contributed by atoms with Crippen molar-refractivity contribution in [3.63, 3.8) is 0 Å². The Morgan fingerprint density at radius 3 is 2.42 bits per heavy atom. The van der Waals surface area contributed by atoms with Gasteiger partial charge in [0.25, 0.3) is 0 Å². The molecule has 0 aliphatic carbocycles. The van der Waals surface area contributed by atoms with Crippen molar-refractivity contribution in [2.24, 2.45) is 0 Å². The number of rotatable bonds is 2.